The van der Waals surface area contributed by atoms with Gasteiger partial charge >= 0.3 is 0 Å². The molecule has 0 aromatic rings. The molecule has 2 aliphatic rings. The minimum absolute atomic E-state index is 0.0508. The zero-order chi connectivity index (χ0) is 17.1. The van der Waals surface area contributed by atoms with Gasteiger partial charge in [0, 0.05) is 11.3 Å². The first-order valence-corrected chi connectivity index (χ1v) is 12.0. The maximum absolute atomic E-state index is 12.7. The van der Waals surface area contributed by atoms with Gasteiger partial charge in [0.1, 0.15) is 0 Å². The van der Waals surface area contributed by atoms with Gasteiger partial charge < -0.3 is 0 Å². The third-order valence-electron chi connectivity index (χ3n) is 4.93. The van der Waals surface area contributed by atoms with Crippen molar-refractivity contribution in [3.05, 3.63) is 23.6 Å². The predicted molar refractivity (Wildman–Crippen MR) is 94.5 cm³/mol. The minimum Gasteiger partial charge on any atom is -0.229 e. The lowest BCUT2D eigenvalue weighted by Crippen LogP contribution is -2.34. The first kappa shape index (κ1) is 18.7. The van der Waals surface area contributed by atoms with Crippen LogP contribution in [-0.2, 0) is 19.7 Å². The van der Waals surface area contributed by atoms with Crippen LogP contribution in [0.1, 0.15) is 46.0 Å². The zero-order valence-corrected chi connectivity index (χ0v) is 15.7. The summed E-state index contributed by atoms with van der Waals surface area (Å²) in [5.74, 6) is 0.374. The number of sulfone groups is 2. The molecule has 0 N–H and O–H groups in total. The average molecular weight is 361 g/mol. The highest BCUT2D eigenvalue weighted by Crippen LogP contribution is 2.48. The van der Waals surface area contributed by atoms with E-state index < -0.39 is 24.9 Å². The SMILES string of the molecule is CCCCS(=O)(=O)/C=C/[C@H]1[C@H](S(=O)(=O)CCCC)[C@@H]2C=C[C@@H]1C2. The normalized spacial score (nSPS) is 30.5. The topological polar surface area (TPSA) is 68.3 Å². The summed E-state index contributed by atoms with van der Waals surface area (Å²) in [6.45, 7) is 3.93. The van der Waals surface area contributed by atoms with E-state index in [2.05, 4.69) is 6.08 Å². The lowest BCUT2D eigenvalue weighted by molar-refractivity contribution is 0.513. The van der Waals surface area contributed by atoms with Crippen molar-refractivity contribution >= 4 is 19.7 Å². The van der Waals surface area contributed by atoms with Crippen molar-refractivity contribution in [3.63, 3.8) is 0 Å². The predicted octanol–water partition coefficient (Wildman–Crippen LogP) is 3.12. The van der Waals surface area contributed by atoms with Crippen LogP contribution in [0.2, 0.25) is 0 Å². The number of rotatable bonds is 9. The van der Waals surface area contributed by atoms with Gasteiger partial charge in [-0.15, -0.1) is 0 Å². The molecule has 1 saturated carbocycles. The van der Waals surface area contributed by atoms with E-state index in [0.29, 0.717) is 12.8 Å². The molecule has 23 heavy (non-hydrogen) atoms. The maximum Gasteiger partial charge on any atom is 0.171 e. The molecule has 0 amide bonds. The Balaban J connectivity index is 2.18. The summed E-state index contributed by atoms with van der Waals surface area (Å²) < 4.78 is 49.4. The smallest absolute Gasteiger partial charge is 0.171 e. The van der Waals surface area contributed by atoms with Crippen LogP contribution in [0.25, 0.3) is 0 Å². The molecule has 4 nitrogen and oxygen atoms in total. The zero-order valence-electron chi connectivity index (χ0n) is 14.0. The molecule has 2 aliphatic carbocycles. The standard InChI is InChI=1S/C17H28O4S2/c1-3-5-10-22(18,19)12-9-16-14-7-8-15(13-14)17(16)23(20,21)11-6-4-2/h7-9,12,14-17H,3-6,10-11,13H2,1-2H3/b12-9+/t14-,15-,16-,17-/m1/s1. The molecule has 0 aliphatic heterocycles. The van der Waals surface area contributed by atoms with E-state index in [1.165, 1.54) is 5.41 Å². The lowest BCUT2D eigenvalue weighted by Gasteiger charge is -2.25. The molecule has 0 aromatic carbocycles. The highest BCUT2D eigenvalue weighted by molar-refractivity contribution is 7.94. The van der Waals surface area contributed by atoms with E-state index in [1.807, 2.05) is 19.9 Å². The van der Waals surface area contributed by atoms with Gasteiger partial charge in [0.25, 0.3) is 0 Å². The van der Waals surface area contributed by atoms with Gasteiger partial charge in [-0.1, -0.05) is 44.9 Å². The van der Waals surface area contributed by atoms with E-state index in [1.54, 1.807) is 6.08 Å². The van der Waals surface area contributed by atoms with Crippen molar-refractivity contribution < 1.29 is 16.8 Å². The van der Waals surface area contributed by atoms with Crippen LogP contribution in [0, 0.1) is 17.8 Å². The molecule has 2 rings (SSSR count). The third kappa shape index (κ3) is 4.47. The Morgan fingerprint density at radius 3 is 2.22 bits per heavy atom. The van der Waals surface area contributed by atoms with Crippen molar-refractivity contribution in [2.24, 2.45) is 17.8 Å². The lowest BCUT2D eigenvalue weighted by atomic mass is 9.93. The van der Waals surface area contributed by atoms with Crippen molar-refractivity contribution in [3.8, 4) is 0 Å². The molecule has 6 heteroatoms. The van der Waals surface area contributed by atoms with Crippen molar-refractivity contribution in [2.45, 2.75) is 51.2 Å². The van der Waals surface area contributed by atoms with Gasteiger partial charge in [-0.05, 0) is 31.1 Å². The van der Waals surface area contributed by atoms with Gasteiger partial charge in [0.05, 0.1) is 16.8 Å². The molecule has 1 fully saturated rings. The summed E-state index contributed by atoms with van der Waals surface area (Å²) in [5, 5.41) is 0.825. The van der Waals surface area contributed by atoms with Crippen molar-refractivity contribution in [1.82, 2.24) is 0 Å². The molecule has 0 heterocycles. The van der Waals surface area contributed by atoms with Crippen LogP contribution in [0.3, 0.4) is 0 Å². The largest absolute Gasteiger partial charge is 0.229 e. The Morgan fingerprint density at radius 2 is 1.57 bits per heavy atom. The molecular formula is C17H28O4S2. The first-order valence-electron chi connectivity index (χ1n) is 8.61. The van der Waals surface area contributed by atoms with E-state index in [4.69, 9.17) is 0 Å². The Hall–Kier alpha value is -0.620. The third-order valence-corrected chi connectivity index (χ3v) is 8.71. The molecule has 0 unspecified atom stereocenters. The van der Waals surface area contributed by atoms with E-state index in [9.17, 15) is 16.8 Å². The number of hydrogen-bond acceptors (Lipinski definition) is 4. The monoisotopic (exact) mass is 360 g/mol. The Bertz CT molecular complexity index is 659. The Kier molecular flexibility index (Phi) is 6.11. The summed E-state index contributed by atoms with van der Waals surface area (Å²) in [5.41, 5.74) is 0. The quantitative estimate of drug-likeness (QED) is 0.593. The van der Waals surface area contributed by atoms with Gasteiger partial charge in [-0.2, -0.15) is 0 Å². The number of unbranched alkanes of at least 4 members (excludes halogenated alkanes) is 2. The molecular weight excluding hydrogens is 332 g/mol. The van der Waals surface area contributed by atoms with Crippen LogP contribution < -0.4 is 0 Å². The first-order chi connectivity index (χ1) is 10.8. The summed E-state index contributed by atoms with van der Waals surface area (Å²) in [6.07, 6.45) is 9.55. The average Bonchev–Trinajstić information content (AvgIpc) is 3.10. The fourth-order valence-corrected chi connectivity index (χ4v) is 7.40. The highest BCUT2D eigenvalue weighted by Gasteiger charge is 2.49. The summed E-state index contributed by atoms with van der Waals surface area (Å²) >= 11 is 0. The molecule has 0 aromatic heterocycles. The molecule has 0 spiro atoms. The van der Waals surface area contributed by atoms with Gasteiger partial charge in [-0.25, -0.2) is 16.8 Å². The second kappa shape index (κ2) is 7.51. The summed E-state index contributed by atoms with van der Waals surface area (Å²) in [6, 6.07) is 0. The van der Waals surface area contributed by atoms with E-state index in [-0.39, 0.29) is 29.3 Å². The van der Waals surface area contributed by atoms with E-state index >= 15 is 0 Å². The fourth-order valence-electron chi connectivity index (χ4n) is 3.68. The van der Waals surface area contributed by atoms with Crippen LogP contribution in [0.15, 0.2) is 23.6 Å². The number of allylic oxidation sites excluding steroid dienone is 3. The van der Waals surface area contributed by atoms with Gasteiger partial charge in [-0.3, -0.25) is 0 Å². The number of hydrogen-bond donors (Lipinski definition) is 0. The Labute approximate surface area is 140 Å². The second-order valence-electron chi connectivity index (χ2n) is 6.76. The van der Waals surface area contributed by atoms with Crippen molar-refractivity contribution in [2.75, 3.05) is 11.5 Å². The van der Waals surface area contributed by atoms with E-state index in [0.717, 1.165) is 19.3 Å². The van der Waals surface area contributed by atoms with Crippen LogP contribution >= 0.6 is 0 Å². The highest BCUT2D eigenvalue weighted by atomic mass is 32.2. The Morgan fingerprint density at radius 1 is 0.957 bits per heavy atom. The van der Waals surface area contributed by atoms with Crippen LogP contribution in [0.5, 0.6) is 0 Å². The van der Waals surface area contributed by atoms with Crippen LogP contribution in [0.4, 0.5) is 0 Å². The summed E-state index contributed by atoms with van der Waals surface area (Å²) in [4.78, 5) is 0. The maximum atomic E-state index is 12.7. The molecule has 2 bridgehead atoms. The minimum atomic E-state index is -3.23. The van der Waals surface area contributed by atoms with Crippen molar-refractivity contribution in [1.29, 1.82) is 0 Å². The van der Waals surface area contributed by atoms with Gasteiger partial charge in [0.2, 0.25) is 0 Å². The van der Waals surface area contributed by atoms with Gasteiger partial charge in [0.15, 0.2) is 19.7 Å². The molecule has 0 saturated heterocycles. The molecule has 132 valence electrons. The fraction of sp³-hybridized carbons (Fsp3) is 0.765. The molecule has 4 atom stereocenters. The second-order valence-corrected chi connectivity index (χ2v) is 11.0. The summed E-state index contributed by atoms with van der Waals surface area (Å²) in [7, 11) is -6.42. The number of fused-ring (bicyclic) bond motifs is 2. The molecule has 0 radical (unpaired) electrons. The van der Waals surface area contributed by atoms with Crippen LogP contribution in [-0.4, -0.2) is 33.6 Å².